The summed E-state index contributed by atoms with van der Waals surface area (Å²) in [6, 6.07) is 25.6. The normalized spacial score (nSPS) is 14.3. The van der Waals surface area contributed by atoms with E-state index in [1.165, 1.54) is 0 Å². The number of amides is 3. The van der Waals surface area contributed by atoms with Crippen molar-refractivity contribution in [2.24, 2.45) is 0 Å². The minimum atomic E-state index is -0.356. The van der Waals surface area contributed by atoms with Gasteiger partial charge in [-0.25, -0.2) is 0 Å². The number of unbranched alkanes of at least 4 members (excludes halogenated alkanes) is 2. The minimum Gasteiger partial charge on any atom is -0.334 e. The van der Waals surface area contributed by atoms with E-state index in [2.05, 4.69) is 30.4 Å². The zero-order valence-electron chi connectivity index (χ0n) is 19.7. The zero-order valence-corrected chi connectivity index (χ0v) is 20.5. The second-order valence-corrected chi connectivity index (χ2v) is 9.49. The SMILES string of the molecule is CCCCCN(Cc1cccc(-c2ccc(/C=C3/SC(=O)NC3=O)cc2)c1)C(=O)c1ccccc1. The van der Waals surface area contributed by atoms with Gasteiger partial charge in [0.05, 0.1) is 4.91 Å². The smallest absolute Gasteiger partial charge is 0.290 e. The maximum atomic E-state index is 13.2. The Morgan fingerprint density at radius 1 is 0.914 bits per heavy atom. The van der Waals surface area contributed by atoms with E-state index < -0.39 is 0 Å². The molecule has 1 fully saturated rings. The number of nitrogens with zero attached hydrogens (tertiary/aromatic N) is 1. The lowest BCUT2D eigenvalue weighted by Crippen LogP contribution is -2.31. The molecule has 3 aromatic rings. The van der Waals surface area contributed by atoms with Gasteiger partial charge >= 0.3 is 0 Å². The van der Waals surface area contributed by atoms with Crippen molar-refractivity contribution in [1.29, 1.82) is 0 Å². The average Bonchev–Trinajstić information content (AvgIpc) is 3.20. The van der Waals surface area contributed by atoms with Gasteiger partial charge < -0.3 is 4.90 Å². The van der Waals surface area contributed by atoms with Crippen LogP contribution in [-0.2, 0) is 11.3 Å². The molecule has 4 rings (SSSR count). The van der Waals surface area contributed by atoms with Crippen molar-refractivity contribution < 1.29 is 14.4 Å². The largest absolute Gasteiger partial charge is 0.334 e. The second-order valence-electron chi connectivity index (χ2n) is 8.47. The fourth-order valence-corrected chi connectivity index (χ4v) is 4.66. The summed E-state index contributed by atoms with van der Waals surface area (Å²) in [6.07, 6.45) is 4.90. The molecule has 0 bridgehead atoms. The molecule has 0 radical (unpaired) electrons. The minimum absolute atomic E-state index is 0.0526. The molecular weight excluding hydrogens is 456 g/mol. The van der Waals surface area contributed by atoms with Crippen LogP contribution in [0.15, 0.2) is 83.8 Å². The molecule has 5 nitrogen and oxygen atoms in total. The molecule has 1 aliphatic rings. The third kappa shape index (κ3) is 6.49. The van der Waals surface area contributed by atoms with Gasteiger partial charge in [-0.3, -0.25) is 19.7 Å². The van der Waals surface area contributed by atoms with E-state index in [1.54, 1.807) is 6.08 Å². The Balaban J connectivity index is 1.51. The number of hydrogen-bond acceptors (Lipinski definition) is 4. The molecular formula is C29H28N2O3S. The summed E-state index contributed by atoms with van der Waals surface area (Å²) in [7, 11) is 0. The number of carbonyl (C=O) groups is 3. The molecule has 1 aliphatic heterocycles. The lowest BCUT2D eigenvalue weighted by Gasteiger charge is -2.23. The van der Waals surface area contributed by atoms with Crippen LogP contribution in [0.1, 0.15) is 47.7 Å². The Hall–Kier alpha value is -3.64. The number of nitrogens with one attached hydrogen (secondary N) is 1. The van der Waals surface area contributed by atoms with Crippen molar-refractivity contribution in [2.45, 2.75) is 32.7 Å². The van der Waals surface area contributed by atoms with Gasteiger partial charge in [0.25, 0.3) is 17.1 Å². The van der Waals surface area contributed by atoms with E-state index in [9.17, 15) is 14.4 Å². The van der Waals surface area contributed by atoms with Crippen LogP contribution in [0.5, 0.6) is 0 Å². The highest BCUT2D eigenvalue weighted by Crippen LogP contribution is 2.27. The third-order valence-electron chi connectivity index (χ3n) is 5.82. The predicted molar refractivity (Wildman–Crippen MR) is 142 cm³/mol. The van der Waals surface area contributed by atoms with Crippen LogP contribution in [0, 0.1) is 0 Å². The maximum absolute atomic E-state index is 13.2. The fourth-order valence-electron chi connectivity index (χ4n) is 3.98. The van der Waals surface area contributed by atoms with Crippen LogP contribution >= 0.6 is 11.8 Å². The maximum Gasteiger partial charge on any atom is 0.290 e. The first-order valence-electron chi connectivity index (χ1n) is 11.8. The van der Waals surface area contributed by atoms with E-state index in [0.29, 0.717) is 17.0 Å². The first-order valence-corrected chi connectivity index (χ1v) is 12.6. The van der Waals surface area contributed by atoms with Crippen molar-refractivity contribution in [2.75, 3.05) is 6.54 Å². The lowest BCUT2D eigenvalue weighted by atomic mass is 10.0. The van der Waals surface area contributed by atoms with Crippen LogP contribution in [0.3, 0.4) is 0 Å². The third-order valence-corrected chi connectivity index (χ3v) is 6.63. The molecule has 178 valence electrons. The van der Waals surface area contributed by atoms with Gasteiger partial charge in [0.1, 0.15) is 0 Å². The second kappa shape index (κ2) is 11.7. The van der Waals surface area contributed by atoms with Crippen molar-refractivity contribution in [3.8, 4) is 11.1 Å². The van der Waals surface area contributed by atoms with Crippen LogP contribution in [-0.4, -0.2) is 28.5 Å². The van der Waals surface area contributed by atoms with Gasteiger partial charge in [-0.1, -0.05) is 80.4 Å². The van der Waals surface area contributed by atoms with Crippen molar-refractivity contribution >= 4 is 34.9 Å². The number of carbonyl (C=O) groups excluding carboxylic acids is 3. The molecule has 0 spiro atoms. The first-order chi connectivity index (χ1) is 17.0. The summed E-state index contributed by atoms with van der Waals surface area (Å²) < 4.78 is 0. The van der Waals surface area contributed by atoms with Crippen molar-refractivity contribution in [3.63, 3.8) is 0 Å². The molecule has 0 saturated carbocycles. The Labute approximate surface area is 210 Å². The van der Waals surface area contributed by atoms with E-state index in [1.807, 2.05) is 65.6 Å². The Morgan fingerprint density at radius 3 is 2.37 bits per heavy atom. The Morgan fingerprint density at radius 2 is 1.69 bits per heavy atom. The molecule has 0 aliphatic carbocycles. The highest BCUT2D eigenvalue weighted by atomic mass is 32.2. The number of thioether (sulfide) groups is 1. The van der Waals surface area contributed by atoms with Gasteiger partial charge in [0.15, 0.2) is 0 Å². The molecule has 3 aromatic carbocycles. The quantitative estimate of drug-likeness (QED) is 0.278. The van der Waals surface area contributed by atoms with Gasteiger partial charge in [-0.15, -0.1) is 0 Å². The number of benzene rings is 3. The van der Waals surface area contributed by atoms with Crippen LogP contribution in [0.25, 0.3) is 17.2 Å². The summed E-state index contributed by atoms with van der Waals surface area (Å²) in [5.41, 5.74) is 4.74. The van der Waals surface area contributed by atoms with Gasteiger partial charge in [0.2, 0.25) is 0 Å². The molecule has 0 atom stereocenters. The molecule has 6 heteroatoms. The van der Waals surface area contributed by atoms with E-state index in [-0.39, 0.29) is 17.1 Å². The standard InChI is InChI=1S/C29H28N2O3S/c1-2-3-7-17-31(28(33)24-10-5-4-6-11-24)20-22-9-8-12-25(18-22)23-15-13-21(14-16-23)19-26-27(32)30-29(34)35-26/h4-6,8-16,18-19H,2-3,7,17,20H2,1H3,(H,30,32,34)/b26-19+. The van der Waals surface area contributed by atoms with Gasteiger partial charge in [0, 0.05) is 18.7 Å². The topological polar surface area (TPSA) is 66.5 Å². The van der Waals surface area contributed by atoms with Crippen LogP contribution in [0.2, 0.25) is 0 Å². The summed E-state index contributed by atoms with van der Waals surface area (Å²) in [5.74, 6) is -0.304. The molecule has 3 amide bonds. The predicted octanol–water partition coefficient (Wildman–Crippen LogP) is 6.51. The highest BCUT2D eigenvalue weighted by Gasteiger charge is 2.24. The zero-order chi connectivity index (χ0) is 24.6. The number of imide groups is 1. The fraction of sp³-hybridized carbons (Fsp3) is 0.207. The van der Waals surface area contributed by atoms with Crippen LogP contribution in [0.4, 0.5) is 4.79 Å². The summed E-state index contributed by atoms with van der Waals surface area (Å²) >= 11 is 0.914. The van der Waals surface area contributed by atoms with Gasteiger partial charge in [-0.05, 0) is 64.7 Å². The van der Waals surface area contributed by atoms with E-state index >= 15 is 0 Å². The molecule has 1 saturated heterocycles. The molecule has 35 heavy (non-hydrogen) atoms. The Bertz CT molecular complexity index is 1240. The number of rotatable bonds is 9. The van der Waals surface area contributed by atoms with E-state index in [0.717, 1.165) is 59.8 Å². The van der Waals surface area contributed by atoms with Gasteiger partial charge in [-0.2, -0.15) is 0 Å². The van der Waals surface area contributed by atoms with E-state index in [4.69, 9.17) is 0 Å². The number of hydrogen-bond donors (Lipinski definition) is 1. The monoisotopic (exact) mass is 484 g/mol. The molecule has 1 heterocycles. The lowest BCUT2D eigenvalue weighted by molar-refractivity contribution is -0.115. The Kier molecular flexibility index (Phi) is 8.16. The van der Waals surface area contributed by atoms with Crippen LogP contribution < -0.4 is 5.32 Å². The molecule has 0 unspecified atom stereocenters. The van der Waals surface area contributed by atoms with Crippen molar-refractivity contribution in [1.82, 2.24) is 10.2 Å². The highest BCUT2D eigenvalue weighted by molar-refractivity contribution is 8.18. The summed E-state index contributed by atoms with van der Waals surface area (Å²) in [4.78, 5) is 38.7. The summed E-state index contributed by atoms with van der Waals surface area (Å²) in [5, 5.41) is 1.93. The molecule has 1 N–H and O–H groups in total. The molecule has 0 aromatic heterocycles. The average molecular weight is 485 g/mol. The van der Waals surface area contributed by atoms with Crippen molar-refractivity contribution in [3.05, 3.63) is 100 Å². The first kappa shape index (κ1) is 24.5. The summed E-state index contributed by atoms with van der Waals surface area (Å²) in [6.45, 7) is 3.44.